The van der Waals surface area contributed by atoms with Gasteiger partial charge in [-0.05, 0) is 12.1 Å². The highest BCUT2D eigenvalue weighted by Crippen LogP contribution is 2.12. The van der Waals surface area contributed by atoms with E-state index in [0.29, 0.717) is 0 Å². The van der Waals surface area contributed by atoms with Crippen LogP contribution in [0.25, 0.3) is 0 Å². The Morgan fingerprint density at radius 1 is 1.12 bits per heavy atom. The van der Waals surface area contributed by atoms with Crippen LogP contribution in [-0.2, 0) is 9.57 Å². The average Bonchev–Trinajstić information content (AvgIpc) is 2.35. The Morgan fingerprint density at radius 3 is 2.19 bits per heavy atom. The van der Waals surface area contributed by atoms with Crippen molar-refractivity contribution in [3.05, 3.63) is 35.4 Å². The SMILES string of the molecule is COC(=O)c1ccccc1C(=O)N(C)OC. The number of carbonyl (C=O) groups is 2. The van der Waals surface area contributed by atoms with Crippen molar-refractivity contribution >= 4 is 11.9 Å². The highest BCUT2D eigenvalue weighted by Gasteiger charge is 2.19. The molecule has 0 N–H and O–H groups in total. The molecule has 0 saturated heterocycles. The summed E-state index contributed by atoms with van der Waals surface area (Å²) in [6.07, 6.45) is 0. The maximum atomic E-state index is 11.8. The minimum Gasteiger partial charge on any atom is -0.465 e. The van der Waals surface area contributed by atoms with Crippen molar-refractivity contribution < 1.29 is 19.2 Å². The van der Waals surface area contributed by atoms with Crippen LogP contribution in [0.5, 0.6) is 0 Å². The molecule has 1 aromatic carbocycles. The highest BCUT2D eigenvalue weighted by atomic mass is 16.7. The summed E-state index contributed by atoms with van der Waals surface area (Å²) in [4.78, 5) is 28.0. The average molecular weight is 223 g/mol. The highest BCUT2D eigenvalue weighted by molar-refractivity contribution is 6.04. The normalized spacial score (nSPS) is 9.69. The third-order valence-electron chi connectivity index (χ3n) is 2.12. The van der Waals surface area contributed by atoms with Gasteiger partial charge in [-0.2, -0.15) is 0 Å². The fourth-order valence-corrected chi connectivity index (χ4v) is 1.21. The fraction of sp³-hybridized carbons (Fsp3) is 0.273. The van der Waals surface area contributed by atoms with E-state index in [4.69, 9.17) is 4.84 Å². The van der Waals surface area contributed by atoms with Crippen LogP contribution in [0.2, 0.25) is 0 Å². The van der Waals surface area contributed by atoms with Gasteiger partial charge in [0, 0.05) is 7.05 Å². The van der Waals surface area contributed by atoms with E-state index in [2.05, 4.69) is 4.74 Å². The molecule has 0 radical (unpaired) electrons. The molecule has 0 spiro atoms. The number of hydroxylamine groups is 2. The number of esters is 1. The second-order valence-corrected chi connectivity index (χ2v) is 3.02. The number of carbonyl (C=O) groups excluding carboxylic acids is 2. The van der Waals surface area contributed by atoms with Crippen molar-refractivity contribution in [2.45, 2.75) is 0 Å². The molecule has 16 heavy (non-hydrogen) atoms. The number of nitrogens with zero attached hydrogens (tertiary/aromatic N) is 1. The van der Waals surface area contributed by atoms with Gasteiger partial charge in [0.15, 0.2) is 0 Å². The predicted octanol–water partition coefficient (Wildman–Crippen LogP) is 1.11. The van der Waals surface area contributed by atoms with Crippen LogP contribution in [0.4, 0.5) is 0 Å². The zero-order chi connectivity index (χ0) is 12.1. The van der Waals surface area contributed by atoms with Gasteiger partial charge in [-0.1, -0.05) is 12.1 Å². The third kappa shape index (κ3) is 2.38. The molecule has 5 heteroatoms. The van der Waals surface area contributed by atoms with E-state index in [1.54, 1.807) is 18.2 Å². The minimum atomic E-state index is -0.548. The molecule has 1 amide bonds. The zero-order valence-corrected chi connectivity index (χ0v) is 9.39. The van der Waals surface area contributed by atoms with Gasteiger partial charge >= 0.3 is 5.97 Å². The van der Waals surface area contributed by atoms with Crippen LogP contribution in [0.3, 0.4) is 0 Å². The standard InChI is InChI=1S/C11H13NO4/c1-12(16-3)10(13)8-6-4-5-7-9(8)11(14)15-2/h4-7H,1-3H3. The lowest BCUT2D eigenvalue weighted by Crippen LogP contribution is -2.27. The van der Waals surface area contributed by atoms with Gasteiger partial charge in [-0.15, -0.1) is 0 Å². The second kappa shape index (κ2) is 5.27. The van der Waals surface area contributed by atoms with Gasteiger partial charge in [0.2, 0.25) is 0 Å². The largest absolute Gasteiger partial charge is 0.465 e. The summed E-state index contributed by atoms with van der Waals surface area (Å²) in [6, 6.07) is 6.41. The molecule has 0 aliphatic heterocycles. The smallest absolute Gasteiger partial charge is 0.338 e. The Bertz CT molecular complexity index is 403. The maximum absolute atomic E-state index is 11.8. The van der Waals surface area contributed by atoms with Gasteiger partial charge < -0.3 is 4.74 Å². The minimum absolute atomic E-state index is 0.221. The molecule has 0 aromatic heterocycles. The topological polar surface area (TPSA) is 55.8 Å². The predicted molar refractivity (Wildman–Crippen MR) is 56.9 cm³/mol. The van der Waals surface area contributed by atoms with Gasteiger partial charge in [-0.25, -0.2) is 9.86 Å². The number of amides is 1. The van der Waals surface area contributed by atoms with Crippen LogP contribution in [0, 0.1) is 0 Å². The number of hydrogen-bond acceptors (Lipinski definition) is 4. The summed E-state index contributed by atoms with van der Waals surface area (Å²) in [5.74, 6) is -0.947. The van der Waals surface area contributed by atoms with Gasteiger partial charge in [-0.3, -0.25) is 9.63 Å². The first-order valence-corrected chi connectivity index (χ1v) is 4.61. The molecule has 1 aromatic rings. The van der Waals surface area contributed by atoms with Crippen LogP contribution < -0.4 is 0 Å². The van der Waals surface area contributed by atoms with E-state index in [9.17, 15) is 9.59 Å². The molecule has 0 heterocycles. The van der Waals surface area contributed by atoms with E-state index in [1.165, 1.54) is 27.3 Å². The number of rotatable bonds is 3. The Balaban J connectivity index is 3.13. The second-order valence-electron chi connectivity index (χ2n) is 3.02. The number of benzene rings is 1. The molecule has 0 aliphatic carbocycles. The summed E-state index contributed by atoms with van der Waals surface area (Å²) in [6.45, 7) is 0. The first-order valence-electron chi connectivity index (χ1n) is 4.61. The molecule has 5 nitrogen and oxygen atoms in total. The van der Waals surface area contributed by atoms with Crippen LogP contribution >= 0.6 is 0 Å². The molecule has 0 atom stereocenters. The Labute approximate surface area is 93.5 Å². The molecule has 0 saturated carbocycles. The third-order valence-corrected chi connectivity index (χ3v) is 2.12. The first-order chi connectivity index (χ1) is 7.61. The molecule has 86 valence electrons. The van der Waals surface area contributed by atoms with E-state index in [-0.39, 0.29) is 11.1 Å². The number of hydrogen-bond donors (Lipinski definition) is 0. The number of methoxy groups -OCH3 is 1. The van der Waals surface area contributed by atoms with Crippen LogP contribution in [0.1, 0.15) is 20.7 Å². The summed E-state index contributed by atoms with van der Waals surface area (Å²) in [7, 11) is 4.11. The van der Waals surface area contributed by atoms with Crippen molar-refractivity contribution in [2.75, 3.05) is 21.3 Å². The summed E-state index contributed by atoms with van der Waals surface area (Å²) < 4.78 is 4.59. The Hall–Kier alpha value is -1.88. The van der Waals surface area contributed by atoms with E-state index < -0.39 is 11.9 Å². The molecule has 0 fully saturated rings. The van der Waals surface area contributed by atoms with Crippen LogP contribution in [-0.4, -0.2) is 38.2 Å². The van der Waals surface area contributed by atoms with E-state index in [1.807, 2.05) is 0 Å². The van der Waals surface area contributed by atoms with Crippen molar-refractivity contribution in [3.8, 4) is 0 Å². The van der Waals surface area contributed by atoms with Gasteiger partial charge in [0.05, 0.1) is 25.3 Å². The lowest BCUT2D eigenvalue weighted by atomic mass is 10.1. The molecule has 1 rings (SSSR count). The van der Waals surface area contributed by atoms with E-state index in [0.717, 1.165) is 5.06 Å². The Morgan fingerprint density at radius 2 is 1.69 bits per heavy atom. The van der Waals surface area contributed by atoms with Crippen molar-refractivity contribution in [2.24, 2.45) is 0 Å². The summed E-state index contributed by atoms with van der Waals surface area (Å²) in [5, 5.41) is 1.04. The lowest BCUT2D eigenvalue weighted by Gasteiger charge is -2.15. The Kier molecular flexibility index (Phi) is 4.02. The van der Waals surface area contributed by atoms with E-state index >= 15 is 0 Å². The molecular formula is C11H13NO4. The van der Waals surface area contributed by atoms with Crippen molar-refractivity contribution in [3.63, 3.8) is 0 Å². The zero-order valence-electron chi connectivity index (χ0n) is 9.39. The molecular weight excluding hydrogens is 210 g/mol. The molecule has 0 bridgehead atoms. The molecule has 0 unspecified atom stereocenters. The molecule has 0 aliphatic rings. The van der Waals surface area contributed by atoms with Crippen molar-refractivity contribution in [1.29, 1.82) is 0 Å². The van der Waals surface area contributed by atoms with Gasteiger partial charge in [0.1, 0.15) is 0 Å². The first kappa shape index (κ1) is 12.2. The lowest BCUT2D eigenvalue weighted by molar-refractivity contribution is -0.0757. The monoisotopic (exact) mass is 223 g/mol. The quantitative estimate of drug-likeness (QED) is 0.569. The fourth-order valence-electron chi connectivity index (χ4n) is 1.21. The number of ether oxygens (including phenoxy) is 1. The van der Waals surface area contributed by atoms with Crippen molar-refractivity contribution in [1.82, 2.24) is 5.06 Å². The van der Waals surface area contributed by atoms with Gasteiger partial charge in [0.25, 0.3) is 5.91 Å². The summed E-state index contributed by atoms with van der Waals surface area (Å²) in [5.41, 5.74) is 0.470. The van der Waals surface area contributed by atoms with Crippen LogP contribution in [0.15, 0.2) is 24.3 Å². The summed E-state index contributed by atoms with van der Waals surface area (Å²) >= 11 is 0. The maximum Gasteiger partial charge on any atom is 0.338 e.